The van der Waals surface area contributed by atoms with Crippen LogP contribution in [0, 0.1) is 13.8 Å². The molecular weight excluding hydrogens is 258 g/mol. The van der Waals surface area contributed by atoms with Gasteiger partial charge in [0.25, 0.3) is 0 Å². The third-order valence-corrected chi connectivity index (χ3v) is 4.33. The number of rotatable bonds is 9. The second-order valence-electron chi connectivity index (χ2n) is 6.01. The molecule has 0 spiro atoms. The molecule has 1 unspecified atom stereocenters. The summed E-state index contributed by atoms with van der Waals surface area (Å²) in [5.74, 6) is 0. The van der Waals surface area contributed by atoms with E-state index in [4.69, 9.17) is 4.74 Å². The Hall–Kier alpha value is -0.860. The third kappa shape index (κ3) is 4.55. The second-order valence-corrected chi connectivity index (χ2v) is 6.01. The molecule has 0 amide bonds. The van der Waals surface area contributed by atoms with Crippen molar-refractivity contribution in [1.82, 2.24) is 5.32 Å². The molecule has 2 nitrogen and oxygen atoms in total. The lowest BCUT2D eigenvalue weighted by atomic mass is 9.82. The van der Waals surface area contributed by atoms with Gasteiger partial charge in [0, 0.05) is 6.61 Å². The molecule has 0 saturated carbocycles. The summed E-state index contributed by atoms with van der Waals surface area (Å²) in [7, 11) is 0. The highest BCUT2D eigenvalue weighted by Crippen LogP contribution is 2.36. The van der Waals surface area contributed by atoms with Crippen LogP contribution < -0.4 is 5.32 Å². The number of hydrogen-bond donors (Lipinski definition) is 1. The second kappa shape index (κ2) is 8.55. The molecule has 1 atom stereocenters. The first-order valence-corrected chi connectivity index (χ1v) is 8.48. The van der Waals surface area contributed by atoms with Crippen molar-refractivity contribution in [2.75, 3.05) is 13.2 Å². The van der Waals surface area contributed by atoms with Crippen LogP contribution in [0.2, 0.25) is 0 Å². The molecule has 0 saturated heterocycles. The fourth-order valence-electron chi connectivity index (χ4n) is 3.31. The highest BCUT2D eigenvalue weighted by Gasteiger charge is 2.37. The van der Waals surface area contributed by atoms with Gasteiger partial charge in [-0.2, -0.15) is 0 Å². The van der Waals surface area contributed by atoms with Crippen molar-refractivity contribution in [3.63, 3.8) is 0 Å². The van der Waals surface area contributed by atoms with Gasteiger partial charge in [0.05, 0.1) is 11.6 Å². The van der Waals surface area contributed by atoms with Gasteiger partial charge in [-0.15, -0.1) is 0 Å². The summed E-state index contributed by atoms with van der Waals surface area (Å²) in [6.07, 6.45) is 3.17. The molecule has 0 bridgehead atoms. The van der Waals surface area contributed by atoms with Gasteiger partial charge >= 0.3 is 0 Å². The molecule has 21 heavy (non-hydrogen) atoms. The van der Waals surface area contributed by atoms with Gasteiger partial charge in [-0.25, -0.2) is 0 Å². The first kappa shape index (κ1) is 18.2. The quantitative estimate of drug-likeness (QED) is 0.696. The van der Waals surface area contributed by atoms with Gasteiger partial charge < -0.3 is 10.1 Å². The van der Waals surface area contributed by atoms with Crippen molar-refractivity contribution >= 4 is 0 Å². The monoisotopic (exact) mass is 291 g/mol. The maximum atomic E-state index is 6.26. The molecule has 1 N–H and O–H groups in total. The minimum Gasteiger partial charge on any atom is -0.373 e. The number of benzene rings is 1. The van der Waals surface area contributed by atoms with Crippen LogP contribution in [0.15, 0.2) is 18.2 Å². The van der Waals surface area contributed by atoms with Crippen LogP contribution in [0.4, 0.5) is 0 Å². The Morgan fingerprint density at radius 3 is 2.00 bits per heavy atom. The molecule has 0 aromatic heterocycles. The van der Waals surface area contributed by atoms with E-state index < -0.39 is 0 Å². The minimum absolute atomic E-state index is 0.121. The van der Waals surface area contributed by atoms with Gasteiger partial charge in [-0.1, -0.05) is 50.1 Å². The lowest BCUT2D eigenvalue weighted by Crippen LogP contribution is -2.46. The van der Waals surface area contributed by atoms with Crippen molar-refractivity contribution in [2.45, 2.75) is 72.4 Å². The zero-order chi connectivity index (χ0) is 15.9. The highest BCUT2D eigenvalue weighted by atomic mass is 16.5. The molecule has 2 heteroatoms. The van der Waals surface area contributed by atoms with E-state index in [-0.39, 0.29) is 11.6 Å². The summed E-state index contributed by atoms with van der Waals surface area (Å²) >= 11 is 0. The largest absolute Gasteiger partial charge is 0.373 e. The molecule has 0 fully saturated rings. The molecule has 0 heterocycles. The van der Waals surface area contributed by atoms with Crippen LogP contribution in [0.3, 0.4) is 0 Å². The number of hydrogen-bond acceptors (Lipinski definition) is 2. The summed E-state index contributed by atoms with van der Waals surface area (Å²) in [5.41, 5.74) is 3.89. The number of ether oxygens (including phenoxy) is 1. The first-order chi connectivity index (χ1) is 10.0. The Labute approximate surface area is 131 Å². The lowest BCUT2D eigenvalue weighted by molar-refractivity contribution is -0.0732. The summed E-state index contributed by atoms with van der Waals surface area (Å²) < 4.78 is 6.26. The summed E-state index contributed by atoms with van der Waals surface area (Å²) in [5, 5.41) is 3.74. The molecule has 1 rings (SSSR count). The topological polar surface area (TPSA) is 21.3 Å². The van der Waals surface area contributed by atoms with Crippen LogP contribution in [-0.2, 0) is 4.74 Å². The Morgan fingerprint density at radius 1 is 1.00 bits per heavy atom. The smallest absolute Gasteiger partial charge is 0.0870 e. The van der Waals surface area contributed by atoms with Crippen LogP contribution in [0.1, 0.15) is 69.7 Å². The Bertz CT molecular complexity index is 403. The van der Waals surface area contributed by atoms with E-state index in [0.717, 1.165) is 32.4 Å². The summed E-state index contributed by atoms with van der Waals surface area (Å²) in [6, 6.07) is 7.10. The van der Waals surface area contributed by atoms with Crippen molar-refractivity contribution in [2.24, 2.45) is 0 Å². The number of nitrogens with one attached hydrogen (secondary N) is 1. The van der Waals surface area contributed by atoms with E-state index in [0.29, 0.717) is 0 Å². The van der Waals surface area contributed by atoms with E-state index in [2.05, 4.69) is 65.1 Å². The van der Waals surface area contributed by atoms with Crippen molar-refractivity contribution in [1.29, 1.82) is 0 Å². The Kier molecular flexibility index (Phi) is 7.41. The number of aryl methyl sites for hydroxylation is 2. The van der Waals surface area contributed by atoms with Crippen molar-refractivity contribution in [3.05, 3.63) is 34.9 Å². The molecule has 0 aliphatic carbocycles. The van der Waals surface area contributed by atoms with Gasteiger partial charge in [0.15, 0.2) is 0 Å². The average Bonchev–Trinajstić information content (AvgIpc) is 2.45. The van der Waals surface area contributed by atoms with Gasteiger partial charge in [-0.05, 0) is 52.1 Å². The molecule has 1 aromatic rings. The summed E-state index contributed by atoms with van der Waals surface area (Å²) in [4.78, 5) is 0. The maximum absolute atomic E-state index is 6.26. The van der Waals surface area contributed by atoms with E-state index in [1.807, 2.05) is 0 Å². The molecular formula is C19H33NO. The van der Waals surface area contributed by atoms with E-state index in [9.17, 15) is 0 Å². The average molecular weight is 291 g/mol. The lowest BCUT2D eigenvalue weighted by Gasteiger charge is -2.40. The van der Waals surface area contributed by atoms with Gasteiger partial charge in [0.1, 0.15) is 0 Å². The third-order valence-electron chi connectivity index (χ3n) is 4.33. The molecule has 120 valence electrons. The van der Waals surface area contributed by atoms with Crippen LogP contribution in [-0.4, -0.2) is 18.8 Å². The van der Waals surface area contributed by atoms with Gasteiger partial charge in [0.2, 0.25) is 0 Å². The SMILES string of the molecule is CCCNC(c1cc(C)cc(C)c1)C(CC)(CC)OCC. The Balaban J connectivity index is 3.24. The maximum Gasteiger partial charge on any atom is 0.0870 e. The van der Waals surface area contributed by atoms with Gasteiger partial charge in [-0.3, -0.25) is 0 Å². The van der Waals surface area contributed by atoms with Crippen LogP contribution in [0.25, 0.3) is 0 Å². The fourth-order valence-corrected chi connectivity index (χ4v) is 3.31. The molecule has 1 aromatic carbocycles. The summed E-state index contributed by atoms with van der Waals surface area (Å²) in [6.45, 7) is 14.9. The molecule has 0 aliphatic rings. The fraction of sp³-hybridized carbons (Fsp3) is 0.684. The van der Waals surface area contributed by atoms with Crippen LogP contribution >= 0.6 is 0 Å². The Morgan fingerprint density at radius 2 is 1.57 bits per heavy atom. The van der Waals surface area contributed by atoms with E-state index in [1.54, 1.807) is 0 Å². The standard InChI is InChI=1S/C19H33NO/c1-7-11-20-18(19(8-2,9-3)21-10-4)17-13-15(5)12-16(6)14-17/h12-14,18,20H,7-11H2,1-6H3. The van der Waals surface area contributed by atoms with E-state index >= 15 is 0 Å². The minimum atomic E-state index is -0.121. The van der Waals surface area contributed by atoms with Crippen molar-refractivity contribution in [3.8, 4) is 0 Å². The first-order valence-electron chi connectivity index (χ1n) is 8.48. The zero-order valence-electron chi connectivity index (χ0n) is 14.8. The van der Waals surface area contributed by atoms with E-state index in [1.165, 1.54) is 16.7 Å². The normalized spacial score (nSPS) is 13.4. The highest BCUT2D eigenvalue weighted by molar-refractivity contribution is 5.32. The zero-order valence-corrected chi connectivity index (χ0v) is 14.8. The molecule has 0 aliphatic heterocycles. The predicted molar refractivity (Wildman–Crippen MR) is 91.9 cm³/mol. The predicted octanol–water partition coefficient (Wildman–Crippen LogP) is 4.94. The van der Waals surface area contributed by atoms with Crippen molar-refractivity contribution < 1.29 is 4.74 Å². The van der Waals surface area contributed by atoms with Crippen LogP contribution in [0.5, 0.6) is 0 Å². The molecule has 0 radical (unpaired) electrons.